The number of piperidine rings is 2. The van der Waals surface area contributed by atoms with E-state index in [4.69, 9.17) is 0 Å². The molecule has 0 radical (unpaired) electrons. The average Bonchev–Trinajstić information content (AvgIpc) is 3.03. The number of hydrogen-bond acceptors (Lipinski definition) is 3. The summed E-state index contributed by atoms with van der Waals surface area (Å²) in [7, 11) is 0. The van der Waals surface area contributed by atoms with E-state index in [9.17, 15) is 18.8 Å². The van der Waals surface area contributed by atoms with Crippen molar-refractivity contribution in [2.45, 2.75) is 44.6 Å². The standard InChI is InChI=1S/C21H26FN3O3/c22-16-4-6-17(7-5-16)25-19(26)14-18(21(25)28)23-12-8-15(9-13-23)20(27)24-10-2-1-3-11-24/h4-7,15,18H,1-3,8-14H2/p+1/t18-/m0/s1. The summed E-state index contributed by atoms with van der Waals surface area (Å²) < 4.78 is 13.1. The van der Waals surface area contributed by atoms with Gasteiger partial charge in [-0.1, -0.05) is 0 Å². The molecule has 150 valence electrons. The third-order valence-corrected chi connectivity index (χ3v) is 6.37. The molecule has 3 amide bonds. The highest BCUT2D eigenvalue weighted by Gasteiger charge is 2.47. The van der Waals surface area contributed by atoms with Crippen molar-refractivity contribution in [3.05, 3.63) is 30.1 Å². The van der Waals surface area contributed by atoms with Gasteiger partial charge in [0.15, 0.2) is 6.04 Å². The van der Waals surface area contributed by atoms with Crippen molar-refractivity contribution in [3.8, 4) is 0 Å². The Balaban J connectivity index is 1.37. The lowest BCUT2D eigenvalue weighted by atomic mass is 9.93. The van der Waals surface area contributed by atoms with Gasteiger partial charge in [-0.15, -0.1) is 0 Å². The van der Waals surface area contributed by atoms with Gasteiger partial charge in [0, 0.05) is 31.8 Å². The molecule has 3 saturated heterocycles. The van der Waals surface area contributed by atoms with Crippen LogP contribution >= 0.6 is 0 Å². The molecular weight excluding hydrogens is 361 g/mol. The summed E-state index contributed by atoms with van der Waals surface area (Å²) in [5, 5.41) is 0. The molecule has 0 aromatic heterocycles. The van der Waals surface area contributed by atoms with E-state index in [0.717, 1.165) is 56.8 Å². The molecule has 6 nitrogen and oxygen atoms in total. The zero-order chi connectivity index (χ0) is 19.7. The van der Waals surface area contributed by atoms with Crippen LogP contribution in [0, 0.1) is 11.7 Å². The number of rotatable bonds is 3. The second-order valence-corrected chi connectivity index (χ2v) is 8.12. The van der Waals surface area contributed by atoms with Crippen molar-refractivity contribution >= 4 is 23.4 Å². The van der Waals surface area contributed by atoms with E-state index in [0.29, 0.717) is 5.69 Å². The van der Waals surface area contributed by atoms with Crippen LogP contribution in [0.3, 0.4) is 0 Å². The minimum absolute atomic E-state index is 0.0438. The van der Waals surface area contributed by atoms with Crippen molar-refractivity contribution in [3.63, 3.8) is 0 Å². The number of halogens is 1. The highest BCUT2D eigenvalue weighted by atomic mass is 19.1. The summed E-state index contributed by atoms with van der Waals surface area (Å²) in [6.07, 6.45) is 5.09. The van der Waals surface area contributed by atoms with Crippen molar-refractivity contribution < 1.29 is 23.7 Å². The van der Waals surface area contributed by atoms with Crippen LogP contribution < -0.4 is 9.80 Å². The van der Waals surface area contributed by atoms with E-state index in [1.165, 1.54) is 35.6 Å². The fourth-order valence-electron chi connectivity index (χ4n) is 4.77. The molecule has 1 atom stereocenters. The minimum atomic E-state index is -0.399. The predicted octanol–water partition coefficient (Wildman–Crippen LogP) is 0.765. The van der Waals surface area contributed by atoms with Gasteiger partial charge >= 0.3 is 0 Å². The number of quaternary nitrogens is 1. The molecular formula is C21H27FN3O3+. The first-order valence-electron chi connectivity index (χ1n) is 10.3. The Morgan fingerprint density at radius 2 is 1.64 bits per heavy atom. The molecule has 0 unspecified atom stereocenters. The molecule has 0 aliphatic carbocycles. The number of likely N-dealkylation sites (tertiary alicyclic amines) is 2. The van der Waals surface area contributed by atoms with Gasteiger partial charge in [-0.05, 0) is 43.5 Å². The Morgan fingerprint density at radius 3 is 2.29 bits per heavy atom. The van der Waals surface area contributed by atoms with E-state index in [1.54, 1.807) is 0 Å². The Bertz CT molecular complexity index is 753. The van der Waals surface area contributed by atoms with Crippen LogP contribution in [0.4, 0.5) is 10.1 Å². The molecule has 4 rings (SSSR count). The van der Waals surface area contributed by atoms with E-state index in [1.807, 2.05) is 4.90 Å². The lowest BCUT2D eigenvalue weighted by Crippen LogP contribution is -3.17. The first-order valence-corrected chi connectivity index (χ1v) is 10.3. The second-order valence-electron chi connectivity index (χ2n) is 8.12. The number of nitrogens with zero attached hydrogens (tertiary/aromatic N) is 2. The average molecular weight is 388 g/mol. The summed E-state index contributed by atoms with van der Waals surface area (Å²) >= 11 is 0. The molecule has 3 heterocycles. The number of imide groups is 1. The highest BCUT2D eigenvalue weighted by molar-refractivity contribution is 6.21. The molecule has 0 bridgehead atoms. The molecule has 3 fully saturated rings. The summed E-state index contributed by atoms with van der Waals surface area (Å²) in [6, 6.07) is 5.05. The zero-order valence-corrected chi connectivity index (χ0v) is 16.0. The summed E-state index contributed by atoms with van der Waals surface area (Å²) in [5.74, 6) is -0.540. The molecule has 0 saturated carbocycles. The van der Waals surface area contributed by atoms with Gasteiger partial charge in [-0.25, -0.2) is 9.29 Å². The largest absolute Gasteiger partial charge is 0.342 e. The first kappa shape index (κ1) is 19.1. The lowest BCUT2D eigenvalue weighted by molar-refractivity contribution is -0.920. The van der Waals surface area contributed by atoms with Crippen LogP contribution in [0.1, 0.15) is 38.5 Å². The number of benzene rings is 1. The Hall–Kier alpha value is -2.28. The van der Waals surface area contributed by atoms with E-state index in [-0.39, 0.29) is 30.1 Å². The zero-order valence-electron chi connectivity index (χ0n) is 16.0. The van der Waals surface area contributed by atoms with Gasteiger partial charge in [0.25, 0.3) is 5.91 Å². The van der Waals surface area contributed by atoms with Crippen LogP contribution in [0.2, 0.25) is 0 Å². The number of carbonyl (C=O) groups is 3. The molecule has 0 spiro atoms. The van der Waals surface area contributed by atoms with Gasteiger partial charge in [-0.3, -0.25) is 14.4 Å². The van der Waals surface area contributed by atoms with Crippen molar-refractivity contribution in [2.24, 2.45) is 5.92 Å². The maximum Gasteiger partial charge on any atom is 0.292 e. The number of anilines is 1. The van der Waals surface area contributed by atoms with E-state index < -0.39 is 11.9 Å². The molecule has 28 heavy (non-hydrogen) atoms. The topological polar surface area (TPSA) is 62.1 Å². The molecule has 1 aromatic rings. The Labute approximate surface area is 164 Å². The highest BCUT2D eigenvalue weighted by Crippen LogP contribution is 2.23. The second kappa shape index (κ2) is 7.99. The maximum atomic E-state index is 13.1. The van der Waals surface area contributed by atoms with Gasteiger partial charge in [-0.2, -0.15) is 0 Å². The van der Waals surface area contributed by atoms with E-state index >= 15 is 0 Å². The van der Waals surface area contributed by atoms with Crippen molar-refractivity contribution in [1.82, 2.24) is 4.90 Å². The van der Waals surface area contributed by atoms with E-state index in [2.05, 4.69) is 0 Å². The molecule has 3 aliphatic rings. The van der Waals surface area contributed by atoms with Crippen LogP contribution in [-0.4, -0.2) is 54.8 Å². The lowest BCUT2D eigenvalue weighted by Gasteiger charge is -2.35. The van der Waals surface area contributed by atoms with Gasteiger partial charge in [0.2, 0.25) is 11.8 Å². The number of hydrogen-bond donors (Lipinski definition) is 1. The molecule has 3 aliphatic heterocycles. The fourth-order valence-corrected chi connectivity index (χ4v) is 4.77. The fraction of sp³-hybridized carbons (Fsp3) is 0.571. The van der Waals surface area contributed by atoms with Crippen molar-refractivity contribution in [1.29, 1.82) is 0 Å². The SMILES string of the molecule is O=C(C1CC[NH+]([C@H]2CC(=O)N(c3ccc(F)cc3)C2=O)CC1)N1CCCCC1. The molecule has 7 heteroatoms. The molecule has 1 aromatic carbocycles. The smallest absolute Gasteiger partial charge is 0.292 e. The summed E-state index contributed by atoms with van der Waals surface area (Å²) in [6.45, 7) is 3.19. The van der Waals surface area contributed by atoms with Crippen LogP contribution in [-0.2, 0) is 14.4 Å². The van der Waals surface area contributed by atoms with Gasteiger partial charge in [0.1, 0.15) is 5.82 Å². The van der Waals surface area contributed by atoms with Crippen LogP contribution in [0.25, 0.3) is 0 Å². The van der Waals surface area contributed by atoms with Gasteiger partial charge in [0.05, 0.1) is 25.2 Å². The third kappa shape index (κ3) is 3.68. The summed E-state index contributed by atoms with van der Waals surface area (Å²) in [4.78, 5) is 42.3. The predicted molar refractivity (Wildman–Crippen MR) is 101 cm³/mol. The first-order chi connectivity index (χ1) is 13.5. The minimum Gasteiger partial charge on any atom is -0.342 e. The number of nitrogens with one attached hydrogen (secondary N) is 1. The normalized spacial score (nSPS) is 28.7. The van der Waals surface area contributed by atoms with Gasteiger partial charge < -0.3 is 9.80 Å². The Kier molecular flexibility index (Phi) is 5.44. The van der Waals surface area contributed by atoms with Crippen LogP contribution in [0.15, 0.2) is 24.3 Å². The maximum absolute atomic E-state index is 13.1. The van der Waals surface area contributed by atoms with Crippen molar-refractivity contribution in [2.75, 3.05) is 31.1 Å². The number of amides is 3. The number of carbonyl (C=O) groups excluding carboxylic acids is 3. The quantitative estimate of drug-likeness (QED) is 0.778. The monoisotopic (exact) mass is 388 g/mol. The third-order valence-electron chi connectivity index (χ3n) is 6.37. The van der Waals surface area contributed by atoms with Crippen LogP contribution in [0.5, 0.6) is 0 Å². The summed E-state index contributed by atoms with van der Waals surface area (Å²) in [5.41, 5.74) is 0.425. The Morgan fingerprint density at radius 1 is 1.00 bits per heavy atom. The molecule has 1 N–H and O–H groups in total.